The number of carbonyl (C=O) groups excluding carboxylic acids is 2. The molecule has 2 aromatic heterocycles. The van der Waals surface area contributed by atoms with Crippen molar-refractivity contribution in [1.82, 2.24) is 24.8 Å². The Hall–Kier alpha value is -4.04. The molecule has 1 saturated heterocycles. The third-order valence-electron chi connectivity index (χ3n) is 8.10. The summed E-state index contributed by atoms with van der Waals surface area (Å²) in [5.41, 5.74) is 1.72. The maximum atomic E-state index is 14.2. The average molecular weight is 576 g/mol. The number of likely N-dealkylation sites (tertiary alicyclic amines) is 1. The van der Waals surface area contributed by atoms with Crippen LogP contribution in [0.15, 0.2) is 35.5 Å². The molecule has 0 spiro atoms. The first-order chi connectivity index (χ1) is 20.3. The molecule has 3 aromatic rings. The fourth-order valence-corrected chi connectivity index (χ4v) is 5.91. The van der Waals surface area contributed by atoms with E-state index >= 15 is 0 Å². The van der Waals surface area contributed by atoms with Crippen molar-refractivity contribution >= 4 is 22.8 Å². The topological polar surface area (TPSA) is 128 Å². The zero-order chi connectivity index (χ0) is 29.6. The molecule has 0 bridgehead atoms. The highest BCUT2D eigenvalue weighted by molar-refractivity contribution is 5.95. The van der Waals surface area contributed by atoms with Crippen LogP contribution in [0.1, 0.15) is 80.8 Å². The van der Waals surface area contributed by atoms with Crippen molar-refractivity contribution in [3.8, 4) is 11.9 Å². The highest BCUT2D eigenvalue weighted by atomic mass is 19.1. The van der Waals surface area contributed by atoms with Crippen LogP contribution in [0.5, 0.6) is 5.88 Å². The SMILES string of the molecule is CC(C)NC(=O)C1CCC(n2/c(=N/C(=O)c3ccc(C#N)c(F)c3)[nH]c3cnc(OCCN4CCCCC4)cc32)CC1. The summed E-state index contributed by atoms with van der Waals surface area (Å²) in [6.07, 6.45) is 8.26. The normalized spacial score (nSPS) is 20.0. The number of halogens is 1. The van der Waals surface area contributed by atoms with Crippen LogP contribution in [0.4, 0.5) is 4.39 Å². The monoisotopic (exact) mass is 575 g/mol. The van der Waals surface area contributed by atoms with E-state index in [0.717, 1.165) is 44.1 Å². The summed E-state index contributed by atoms with van der Waals surface area (Å²) in [7, 11) is 0. The molecular weight excluding hydrogens is 537 g/mol. The second-order valence-electron chi connectivity index (χ2n) is 11.5. The van der Waals surface area contributed by atoms with Crippen molar-refractivity contribution in [3.05, 3.63) is 53.0 Å². The molecule has 5 rings (SSSR count). The maximum absolute atomic E-state index is 14.2. The van der Waals surface area contributed by atoms with Crippen molar-refractivity contribution in [2.24, 2.45) is 10.9 Å². The lowest BCUT2D eigenvalue weighted by molar-refractivity contribution is -0.126. The number of nitrogens with one attached hydrogen (secondary N) is 2. The number of aromatic amines is 1. The van der Waals surface area contributed by atoms with Gasteiger partial charge in [0, 0.05) is 36.2 Å². The molecule has 1 aliphatic heterocycles. The standard InChI is InChI=1S/C31H38FN7O3/c1-20(2)35-29(40)21-8-10-24(11-9-21)39-27-17-28(42-15-14-38-12-4-3-5-13-38)34-19-26(27)36-31(39)37-30(41)22-6-7-23(18-33)25(32)16-22/h6-7,16-17,19-21,24H,3-5,8-15H2,1-2H3,(H,35,40)(H,36,37,41). The molecule has 42 heavy (non-hydrogen) atoms. The van der Waals surface area contributed by atoms with E-state index in [1.807, 2.05) is 24.5 Å². The number of carbonyl (C=O) groups is 2. The lowest BCUT2D eigenvalue weighted by atomic mass is 9.85. The number of benzene rings is 1. The van der Waals surface area contributed by atoms with Gasteiger partial charge in [-0.15, -0.1) is 0 Å². The molecule has 222 valence electrons. The van der Waals surface area contributed by atoms with Crippen molar-refractivity contribution in [1.29, 1.82) is 5.26 Å². The fraction of sp³-hybridized carbons (Fsp3) is 0.516. The van der Waals surface area contributed by atoms with E-state index < -0.39 is 11.7 Å². The largest absolute Gasteiger partial charge is 0.476 e. The van der Waals surface area contributed by atoms with Gasteiger partial charge in [0.1, 0.15) is 18.5 Å². The molecule has 0 atom stereocenters. The van der Waals surface area contributed by atoms with Crippen LogP contribution in [-0.2, 0) is 4.79 Å². The van der Waals surface area contributed by atoms with Crippen molar-refractivity contribution < 1.29 is 18.7 Å². The van der Waals surface area contributed by atoms with Crippen molar-refractivity contribution in [3.63, 3.8) is 0 Å². The van der Waals surface area contributed by atoms with Gasteiger partial charge in [0.05, 0.1) is 22.8 Å². The van der Waals surface area contributed by atoms with Gasteiger partial charge in [-0.2, -0.15) is 10.3 Å². The lowest BCUT2D eigenvalue weighted by Crippen LogP contribution is -2.38. The van der Waals surface area contributed by atoms with Gasteiger partial charge in [0.25, 0.3) is 5.91 Å². The van der Waals surface area contributed by atoms with E-state index in [1.165, 1.54) is 31.4 Å². The molecule has 2 N–H and O–H groups in total. The third kappa shape index (κ3) is 6.87. The van der Waals surface area contributed by atoms with Crippen LogP contribution in [0.3, 0.4) is 0 Å². The van der Waals surface area contributed by atoms with Gasteiger partial charge in [-0.25, -0.2) is 9.37 Å². The van der Waals surface area contributed by atoms with Crippen LogP contribution in [0.25, 0.3) is 11.0 Å². The molecule has 10 nitrogen and oxygen atoms in total. The summed E-state index contributed by atoms with van der Waals surface area (Å²) >= 11 is 0. The van der Waals surface area contributed by atoms with E-state index in [1.54, 1.807) is 12.3 Å². The Labute approximate surface area is 244 Å². The number of hydrogen-bond donors (Lipinski definition) is 2. The number of rotatable bonds is 8. The van der Waals surface area contributed by atoms with Gasteiger partial charge in [-0.1, -0.05) is 6.42 Å². The molecule has 3 heterocycles. The molecule has 0 radical (unpaired) electrons. The number of aromatic nitrogens is 3. The van der Waals surface area contributed by atoms with Crippen molar-refractivity contribution in [2.75, 3.05) is 26.2 Å². The molecule has 1 aliphatic carbocycles. The number of hydrogen-bond acceptors (Lipinski definition) is 6. The Kier molecular flexibility index (Phi) is 9.32. The van der Waals surface area contributed by atoms with Gasteiger partial charge in [-0.05, 0) is 83.7 Å². The minimum Gasteiger partial charge on any atom is -0.476 e. The summed E-state index contributed by atoms with van der Waals surface area (Å²) in [4.78, 5) is 40.2. The van der Waals surface area contributed by atoms with Crippen LogP contribution < -0.4 is 15.7 Å². The second kappa shape index (κ2) is 13.3. The molecular formula is C31H38FN7O3. The number of fused-ring (bicyclic) bond motifs is 1. The van der Waals surface area contributed by atoms with Gasteiger partial charge in [0.15, 0.2) is 0 Å². The van der Waals surface area contributed by atoms with Gasteiger partial charge < -0.3 is 19.6 Å². The number of H-pyrrole nitrogens is 1. The molecule has 1 aromatic carbocycles. The highest BCUT2D eigenvalue weighted by Gasteiger charge is 2.29. The third-order valence-corrected chi connectivity index (χ3v) is 8.10. The summed E-state index contributed by atoms with van der Waals surface area (Å²) in [6, 6.07) is 7.40. The van der Waals surface area contributed by atoms with Gasteiger partial charge in [0.2, 0.25) is 17.4 Å². The van der Waals surface area contributed by atoms with Gasteiger partial charge >= 0.3 is 0 Å². The Morgan fingerprint density at radius 1 is 1.19 bits per heavy atom. The summed E-state index contributed by atoms with van der Waals surface area (Å²) < 4.78 is 22.3. The predicted molar refractivity (Wildman–Crippen MR) is 155 cm³/mol. The number of nitrogens with zero attached hydrogens (tertiary/aromatic N) is 5. The maximum Gasteiger partial charge on any atom is 0.280 e. The van der Waals surface area contributed by atoms with E-state index in [2.05, 4.69) is 25.2 Å². The Balaban J connectivity index is 1.43. The Morgan fingerprint density at radius 3 is 2.64 bits per heavy atom. The zero-order valence-corrected chi connectivity index (χ0v) is 24.2. The van der Waals surface area contributed by atoms with Gasteiger partial charge in [-0.3, -0.25) is 14.5 Å². The Morgan fingerprint density at radius 2 is 1.95 bits per heavy atom. The minimum absolute atomic E-state index is 0.0188. The fourth-order valence-electron chi connectivity index (χ4n) is 5.91. The van der Waals surface area contributed by atoms with E-state index in [4.69, 9.17) is 10.00 Å². The molecule has 2 amide bonds. The number of piperidine rings is 1. The quantitative estimate of drug-likeness (QED) is 0.414. The first kappa shape index (κ1) is 29.5. The van der Waals surface area contributed by atoms with Crippen LogP contribution >= 0.6 is 0 Å². The number of pyridine rings is 1. The first-order valence-electron chi connectivity index (χ1n) is 14.9. The van der Waals surface area contributed by atoms with Crippen LogP contribution in [0, 0.1) is 23.1 Å². The van der Waals surface area contributed by atoms with E-state index in [9.17, 15) is 14.0 Å². The minimum atomic E-state index is -0.767. The molecule has 2 fully saturated rings. The number of amides is 2. The van der Waals surface area contributed by atoms with E-state index in [-0.39, 0.29) is 35.0 Å². The number of ether oxygens (including phenoxy) is 1. The smallest absolute Gasteiger partial charge is 0.280 e. The highest BCUT2D eigenvalue weighted by Crippen LogP contribution is 2.34. The van der Waals surface area contributed by atoms with E-state index in [0.29, 0.717) is 36.5 Å². The summed E-state index contributed by atoms with van der Waals surface area (Å²) in [5.74, 6) is -0.895. The Bertz CT molecular complexity index is 1540. The molecule has 1 saturated carbocycles. The average Bonchev–Trinajstić information content (AvgIpc) is 3.34. The lowest BCUT2D eigenvalue weighted by Gasteiger charge is -2.29. The first-order valence-corrected chi connectivity index (χ1v) is 14.9. The van der Waals surface area contributed by atoms with Crippen LogP contribution in [0.2, 0.25) is 0 Å². The number of nitriles is 1. The summed E-state index contributed by atoms with van der Waals surface area (Å²) in [5, 5.41) is 12.0. The molecule has 2 aliphatic rings. The predicted octanol–water partition coefficient (Wildman–Crippen LogP) is 4.24. The molecule has 11 heteroatoms. The molecule has 0 unspecified atom stereocenters. The zero-order valence-electron chi connectivity index (χ0n) is 24.2. The second-order valence-corrected chi connectivity index (χ2v) is 11.5. The van der Waals surface area contributed by atoms with Crippen molar-refractivity contribution in [2.45, 2.75) is 70.9 Å². The summed E-state index contributed by atoms with van der Waals surface area (Å²) in [6.45, 7) is 7.46. The van der Waals surface area contributed by atoms with Crippen LogP contribution in [-0.4, -0.2) is 63.5 Å². The number of imidazole rings is 1.